The molecule has 0 amide bonds. The van der Waals surface area contributed by atoms with Crippen LogP contribution in [0, 0.1) is 0 Å². The summed E-state index contributed by atoms with van der Waals surface area (Å²) >= 11 is 4.84. The molecule has 0 heterocycles. The quantitative estimate of drug-likeness (QED) is 0.505. The highest BCUT2D eigenvalue weighted by Gasteiger charge is 1.99. The lowest BCUT2D eigenvalue weighted by Gasteiger charge is -1.82. The lowest BCUT2D eigenvalue weighted by atomic mass is 10.6. The lowest BCUT2D eigenvalue weighted by molar-refractivity contribution is -0.107. The third-order valence-electron chi connectivity index (χ3n) is 0.544. The van der Waals surface area contributed by atoms with E-state index in [1.165, 1.54) is 0 Å². The molecule has 6 heteroatoms. The molecule has 58 valence electrons. The van der Waals surface area contributed by atoms with Crippen molar-refractivity contribution in [3.63, 3.8) is 0 Å². The van der Waals surface area contributed by atoms with Gasteiger partial charge in [-0.1, -0.05) is 6.08 Å². The van der Waals surface area contributed by atoms with Crippen LogP contribution in [0.15, 0.2) is 12.2 Å². The van der Waals surface area contributed by atoms with Gasteiger partial charge in [0.05, 0.1) is 5.75 Å². The molecule has 0 N–H and O–H groups in total. The lowest BCUT2D eigenvalue weighted by Crippen LogP contribution is -1.92. The Morgan fingerprint density at radius 3 is 2.30 bits per heavy atom. The van der Waals surface area contributed by atoms with E-state index in [0.717, 1.165) is 12.2 Å². The summed E-state index contributed by atoms with van der Waals surface area (Å²) in [5.41, 5.74) is 0. The first-order chi connectivity index (χ1) is 4.42. The average Bonchev–Trinajstić information content (AvgIpc) is 1.59. The Bertz CT molecular complexity index is 241. The normalized spacial score (nSPS) is 12.2. The molecule has 0 radical (unpaired) electrons. The first-order valence-electron chi connectivity index (χ1n) is 2.20. The molecule has 0 aromatic rings. The van der Waals surface area contributed by atoms with E-state index in [-0.39, 0.29) is 5.75 Å². The van der Waals surface area contributed by atoms with Gasteiger partial charge < -0.3 is 0 Å². The van der Waals surface area contributed by atoms with Gasteiger partial charge in [-0.3, -0.25) is 4.79 Å². The Morgan fingerprint density at radius 2 is 2.00 bits per heavy atom. The van der Waals surface area contributed by atoms with Crippen molar-refractivity contribution in [2.24, 2.45) is 0 Å². The van der Waals surface area contributed by atoms with E-state index < -0.39 is 14.3 Å². The van der Waals surface area contributed by atoms with Gasteiger partial charge in [-0.05, 0) is 17.7 Å². The highest BCUT2D eigenvalue weighted by molar-refractivity contribution is 8.13. The number of hydrogen-bond acceptors (Lipinski definition) is 3. The average molecular weight is 203 g/mol. The summed E-state index contributed by atoms with van der Waals surface area (Å²) in [4.78, 5) is 9.97. The number of allylic oxidation sites excluding steroid dienone is 1. The van der Waals surface area contributed by atoms with Crippen molar-refractivity contribution in [2.75, 3.05) is 5.75 Å². The molecule has 0 unspecified atom stereocenters. The second-order valence-electron chi connectivity index (χ2n) is 1.41. The molecule has 0 aromatic carbocycles. The van der Waals surface area contributed by atoms with Gasteiger partial charge in [0.1, 0.15) is 0 Å². The van der Waals surface area contributed by atoms with E-state index in [1.807, 2.05) is 0 Å². The van der Waals surface area contributed by atoms with Crippen LogP contribution in [-0.4, -0.2) is 19.4 Å². The molecule has 0 fully saturated rings. The number of carbonyl (C=O) groups is 1. The van der Waals surface area contributed by atoms with Crippen LogP contribution in [0.25, 0.3) is 0 Å². The van der Waals surface area contributed by atoms with Crippen LogP contribution in [0.3, 0.4) is 0 Å². The van der Waals surface area contributed by atoms with E-state index in [1.54, 1.807) is 0 Å². The van der Waals surface area contributed by atoms with Gasteiger partial charge in [-0.25, -0.2) is 8.42 Å². The predicted octanol–water partition coefficient (Wildman–Crippen LogP) is 0.877. The summed E-state index contributed by atoms with van der Waals surface area (Å²) < 4.78 is 20.3. The number of carbonyl (C=O) groups excluding carboxylic acids is 1. The highest BCUT2D eigenvalue weighted by atomic mass is 35.7. The SMILES string of the molecule is O=C(Cl)/C=C/CS(=O)(=O)Cl. The van der Waals surface area contributed by atoms with Crippen molar-refractivity contribution in [1.82, 2.24) is 0 Å². The van der Waals surface area contributed by atoms with Crippen molar-refractivity contribution in [3.8, 4) is 0 Å². The maximum absolute atomic E-state index is 10.2. The minimum Gasteiger partial charge on any atom is -0.276 e. The molecule has 0 rings (SSSR count). The summed E-state index contributed by atoms with van der Waals surface area (Å²) in [5.74, 6) is -0.382. The minimum atomic E-state index is -3.55. The fraction of sp³-hybridized carbons (Fsp3) is 0.250. The molecule has 0 atom stereocenters. The van der Waals surface area contributed by atoms with Crippen LogP contribution in [-0.2, 0) is 13.8 Å². The predicted molar refractivity (Wildman–Crippen MR) is 39.6 cm³/mol. The summed E-state index contributed by atoms with van der Waals surface area (Å²) in [6.45, 7) is 0. The Kier molecular flexibility index (Phi) is 3.93. The first kappa shape index (κ1) is 9.94. The fourth-order valence-electron chi connectivity index (χ4n) is 0.256. The van der Waals surface area contributed by atoms with E-state index in [4.69, 9.17) is 22.3 Å². The highest BCUT2D eigenvalue weighted by Crippen LogP contribution is 1.96. The number of halogens is 2. The maximum atomic E-state index is 10.2. The molecular formula is C4H4Cl2O3S. The largest absolute Gasteiger partial charge is 0.276 e. The summed E-state index contributed by atoms with van der Waals surface area (Å²) in [5, 5.41) is -0.722. The molecule has 0 aliphatic rings. The van der Waals surface area contributed by atoms with E-state index in [2.05, 4.69) is 0 Å². The van der Waals surface area contributed by atoms with E-state index in [9.17, 15) is 13.2 Å². The van der Waals surface area contributed by atoms with Crippen LogP contribution >= 0.6 is 22.3 Å². The number of hydrogen-bond donors (Lipinski definition) is 0. The topological polar surface area (TPSA) is 51.2 Å². The van der Waals surface area contributed by atoms with Crippen molar-refractivity contribution in [1.29, 1.82) is 0 Å². The van der Waals surface area contributed by atoms with Gasteiger partial charge in [0.2, 0.25) is 14.3 Å². The zero-order valence-electron chi connectivity index (χ0n) is 4.75. The Labute approximate surface area is 68.0 Å². The Hall–Kier alpha value is -0.0600. The van der Waals surface area contributed by atoms with Gasteiger partial charge >= 0.3 is 0 Å². The molecule has 0 spiro atoms. The Morgan fingerprint density at radius 1 is 1.50 bits per heavy atom. The van der Waals surface area contributed by atoms with Gasteiger partial charge in [0.15, 0.2) is 0 Å². The molecule has 3 nitrogen and oxygen atoms in total. The molecule has 0 aliphatic carbocycles. The summed E-state index contributed by atoms with van der Waals surface area (Å²) in [6.07, 6.45) is 2.01. The second-order valence-corrected chi connectivity index (χ2v) is 4.61. The van der Waals surface area contributed by atoms with Crippen LogP contribution in [0.2, 0.25) is 0 Å². The minimum absolute atomic E-state index is 0.382. The molecule has 10 heavy (non-hydrogen) atoms. The third-order valence-corrected chi connectivity index (χ3v) is 1.64. The summed E-state index contributed by atoms with van der Waals surface area (Å²) in [6, 6.07) is 0. The zero-order valence-corrected chi connectivity index (χ0v) is 7.08. The van der Waals surface area contributed by atoms with Gasteiger partial charge in [0.25, 0.3) is 0 Å². The third kappa shape index (κ3) is 7.94. The van der Waals surface area contributed by atoms with E-state index in [0.29, 0.717) is 0 Å². The van der Waals surface area contributed by atoms with Crippen LogP contribution < -0.4 is 0 Å². The molecule has 0 aromatic heterocycles. The summed E-state index contributed by atoms with van der Waals surface area (Å²) in [7, 11) is 1.24. The van der Waals surface area contributed by atoms with Crippen molar-refractivity contribution in [3.05, 3.63) is 12.2 Å². The van der Waals surface area contributed by atoms with Crippen molar-refractivity contribution >= 4 is 36.6 Å². The molecule has 0 saturated heterocycles. The molecule has 0 aliphatic heterocycles. The first-order valence-corrected chi connectivity index (χ1v) is 5.06. The van der Waals surface area contributed by atoms with Gasteiger partial charge in [-0.2, -0.15) is 0 Å². The van der Waals surface area contributed by atoms with Crippen molar-refractivity contribution in [2.45, 2.75) is 0 Å². The molecule has 0 bridgehead atoms. The van der Waals surface area contributed by atoms with Gasteiger partial charge in [0, 0.05) is 10.7 Å². The molecule has 0 saturated carbocycles. The van der Waals surface area contributed by atoms with Crippen LogP contribution in [0.1, 0.15) is 0 Å². The number of rotatable bonds is 3. The smallest absolute Gasteiger partial charge is 0.244 e. The fourth-order valence-corrected chi connectivity index (χ4v) is 0.889. The molecular weight excluding hydrogens is 199 g/mol. The zero-order chi connectivity index (χ0) is 8.20. The standard InChI is InChI=1S/C4H4Cl2O3S/c5-4(7)2-1-3-10(6,8)9/h1-2H,3H2/b2-1+. The monoisotopic (exact) mass is 202 g/mol. The Balaban J connectivity index is 3.88. The maximum Gasteiger partial charge on any atom is 0.244 e. The van der Waals surface area contributed by atoms with Crippen LogP contribution in [0.5, 0.6) is 0 Å². The van der Waals surface area contributed by atoms with Gasteiger partial charge in [-0.15, -0.1) is 0 Å². The second kappa shape index (κ2) is 3.95. The van der Waals surface area contributed by atoms with Crippen LogP contribution in [0.4, 0.5) is 0 Å². The van der Waals surface area contributed by atoms with Crippen molar-refractivity contribution < 1.29 is 13.2 Å². The van der Waals surface area contributed by atoms with E-state index >= 15 is 0 Å².